The zero-order chi connectivity index (χ0) is 48.1. The minimum absolute atomic E-state index is 0.0401. The molecule has 1 fully saturated rings. The second-order valence-corrected chi connectivity index (χ2v) is 20.1. The Morgan fingerprint density at radius 2 is 0.892 bits per heavy atom. The molecule has 22 nitrogen and oxygen atoms in total. The fraction of sp³-hybridized carbons (Fsp3) is 0.641. The van der Waals surface area contributed by atoms with Crippen LogP contribution in [-0.2, 0) is 82.6 Å². The van der Waals surface area contributed by atoms with E-state index >= 15 is 0 Å². The molecule has 8 atom stereocenters. The largest absolute Gasteiger partial charge is 0.472 e. The maximum Gasteiger partial charge on any atom is 0.472 e. The van der Waals surface area contributed by atoms with Crippen molar-refractivity contribution in [2.75, 3.05) is 13.2 Å². The summed E-state index contributed by atoms with van der Waals surface area (Å²) in [4.78, 5) is 96.9. The molecule has 2 aromatic carbocycles. The van der Waals surface area contributed by atoms with E-state index in [0.717, 1.165) is 51.4 Å². The Balaban J connectivity index is 2.07. The molecule has 7 N–H and O–H groups in total. The van der Waals surface area contributed by atoms with Gasteiger partial charge in [-0.25, -0.2) is 18.3 Å². The molecule has 0 radical (unpaired) electrons. The summed E-state index contributed by atoms with van der Waals surface area (Å²) in [6.07, 6.45) is -7.60. The molecule has 0 aromatic heterocycles. The fourth-order valence-electron chi connectivity index (χ4n) is 6.72. The number of rotatable bonds is 32. The molecule has 2 aromatic rings. The quantitative estimate of drug-likeness (QED) is 0.0241. The van der Waals surface area contributed by atoms with Gasteiger partial charge >= 0.3 is 43.2 Å². The topological polar surface area (TPSA) is 327 Å². The van der Waals surface area contributed by atoms with E-state index in [-0.39, 0.29) is 12.8 Å². The Hall–Kier alpha value is -2.26. The molecule has 3 unspecified atom stereocenters. The first kappa shape index (κ1) is 57.1. The van der Waals surface area contributed by atoms with Gasteiger partial charge in [0.15, 0.2) is 6.10 Å². The van der Waals surface area contributed by atoms with Crippen molar-refractivity contribution in [2.24, 2.45) is 0 Å². The van der Waals surface area contributed by atoms with Gasteiger partial charge in [-0.1, -0.05) is 126 Å². The highest BCUT2D eigenvalue weighted by Gasteiger charge is 2.60. The van der Waals surface area contributed by atoms with E-state index in [1.54, 1.807) is 36.4 Å². The van der Waals surface area contributed by atoms with Gasteiger partial charge in [0.25, 0.3) is 0 Å². The van der Waals surface area contributed by atoms with Crippen LogP contribution in [0.4, 0.5) is 0 Å². The summed E-state index contributed by atoms with van der Waals surface area (Å²) in [7, 11) is -23.0. The number of unbranched alkanes of at least 4 members (excludes halogenated alkanes) is 8. The average Bonchev–Trinajstić information content (AvgIpc) is 3.22. The van der Waals surface area contributed by atoms with Crippen molar-refractivity contribution < 1.29 is 104 Å². The third kappa shape index (κ3) is 23.5. The highest BCUT2D eigenvalue weighted by Crippen LogP contribution is 2.55. The van der Waals surface area contributed by atoms with Crippen molar-refractivity contribution in [3.63, 3.8) is 0 Å². The Morgan fingerprint density at radius 1 is 0.508 bits per heavy atom. The standard InChI is InChI=1S/C39H62O22P4/c1-3-5-7-9-17-23-32(40)53-27-31(57-33(41)24-18-10-8-6-4-2)28-56-65(51,52)61-36-34(54-25-29-19-13-11-14-20-29)37(58-62(42,43)44)39(60-64(48,49)50)38(59-63(45,46)47)35(36)55-26-30-21-15-12-16-22-30/h11-16,19-22,31,34-39H,3-10,17-18,23-28H2,1-2H3,(H,51,52)(H2,42,43,44)(H2,45,46,47)(H2,48,49,50)/t31-,34-,35-,36?,37-,38+,39?/m0/s1. The fourth-order valence-corrected chi connectivity index (χ4v) is 9.35. The second-order valence-electron chi connectivity index (χ2n) is 15.2. The summed E-state index contributed by atoms with van der Waals surface area (Å²) in [5, 5.41) is 0. The lowest BCUT2D eigenvalue weighted by Gasteiger charge is -2.48. The summed E-state index contributed by atoms with van der Waals surface area (Å²) < 4.78 is 99.8. The van der Waals surface area contributed by atoms with E-state index in [9.17, 15) is 62.1 Å². The van der Waals surface area contributed by atoms with E-state index in [1.807, 2.05) is 13.8 Å². The molecule has 0 saturated heterocycles. The minimum Gasteiger partial charge on any atom is -0.462 e. The first-order valence-corrected chi connectivity index (χ1v) is 27.2. The van der Waals surface area contributed by atoms with Crippen molar-refractivity contribution in [1.82, 2.24) is 0 Å². The monoisotopic (exact) mass is 1010 g/mol. The maximum atomic E-state index is 14.1. The van der Waals surface area contributed by atoms with E-state index in [2.05, 4.69) is 0 Å². The number of esters is 2. The number of hydrogen-bond acceptors (Lipinski definition) is 15. The van der Waals surface area contributed by atoms with Crippen LogP contribution in [0.3, 0.4) is 0 Å². The summed E-state index contributed by atoms with van der Waals surface area (Å²) in [5.41, 5.74) is 0.746. The molecule has 0 heterocycles. The molecule has 0 bridgehead atoms. The van der Waals surface area contributed by atoms with Crippen molar-refractivity contribution in [3.8, 4) is 0 Å². The molecule has 3 rings (SSSR count). The molecule has 0 aliphatic heterocycles. The molecule has 0 spiro atoms. The minimum atomic E-state index is -5.80. The van der Waals surface area contributed by atoms with Crippen LogP contribution in [0.1, 0.15) is 102 Å². The predicted octanol–water partition coefficient (Wildman–Crippen LogP) is 6.28. The Morgan fingerprint density at radius 3 is 1.31 bits per heavy atom. The summed E-state index contributed by atoms with van der Waals surface area (Å²) in [5.74, 6) is -1.37. The zero-order valence-corrected chi connectivity index (χ0v) is 39.7. The number of phosphoric ester groups is 4. The second kappa shape index (κ2) is 28.3. The van der Waals surface area contributed by atoms with Crippen LogP contribution in [0, 0.1) is 0 Å². The lowest BCUT2D eigenvalue weighted by molar-refractivity contribution is -0.238. The van der Waals surface area contributed by atoms with Crippen LogP contribution in [-0.4, -0.2) is 102 Å². The van der Waals surface area contributed by atoms with Gasteiger partial charge in [0.1, 0.15) is 43.2 Å². The lowest BCUT2D eigenvalue weighted by atomic mass is 9.84. The molecule has 65 heavy (non-hydrogen) atoms. The Labute approximate surface area is 377 Å². The summed E-state index contributed by atoms with van der Waals surface area (Å²) >= 11 is 0. The van der Waals surface area contributed by atoms with Gasteiger partial charge in [0, 0.05) is 12.8 Å². The average molecular weight is 1010 g/mol. The van der Waals surface area contributed by atoms with Crippen LogP contribution in [0.15, 0.2) is 60.7 Å². The SMILES string of the molecule is CCCCCCCC(=O)OC[C@@H](COP(=O)(O)OC1[C@H](OCc2ccccc2)[C@H](OP(=O)(O)O)C(OP(=O)(O)O)[C@H](OP(=O)(O)O)[C@H]1OCc1ccccc1)OC(=O)CCCCCCC. The molecular formula is C39H62O22P4. The van der Waals surface area contributed by atoms with Gasteiger partial charge in [-0.05, 0) is 24.0 Å². The van der Waals surface area contributed by atoms with E-state index in [4.69, 9.17) is 41.6 Å². The highest BCUT2D eigenvalue weighted by atomic mass is 31.2. The number of phosphoric acid groups is 4. The van der Waals surface area contributed by atoms with Gasteiger partial charge in [0.2, 0.25) is 0 Å². The summed E-state index contributed by atoms with van der Waals surface area (Å²) in [6.45, 7) is 1.48. The lowest BCUT2D eigenvalue weighted by Crippen LogP contribution is -2.66. The number of benzene rings is 2. The van der Waals surface area contributed by atoms with Crippen LogP contribution in [0.2, 0.25) is 0 Å². The van der Waals surface area contributed by atoms with Crippen molar-refractivity contribution in [2.45, 2.75) is 147 Å². The zero-order valence-electron chi connectivity index (χ0n) is 36.2. The molecular weight excluding hydrogens is 944 g/mol. The van der Waals surface area contributed by atoms with Gasteiger partial charge in [-0.15, -0.1) is 0 Å². The number of ether oxygens (including phenoxy) is 4. The third-order valence-corrected chi connectivity index (χ3v) is 12.2. The Kier molecular flexibility index (Phi) is 24.8. The molecule has 1 aliphatic rings. The number of carbonyl (C=O) groups excluding carboxylic acids is 2. The molecule has 370 valence electrons. The molecule has 1 aliphatic carbocycles. The predicted molar refractivity (Wildman–Crippen MR) is 229 cm³/mol. The third-order valence-electron chi connectivity index (χ3n) is 9.67. The van der Waals surface area contributed by atoms with Gasteiger partial charge in [0.05, 0.1) is 19.8 Å². The van der Waals surface area contributed by atoms with Crippen LogP contribution < -0.4 is 0 Å². The molecule has 26 heteroatoms. The van der Waals surface area contributed by atoms with Gasteiger partial charge < -0.3 is 53.2 Å². The van der Waals surface area contributed by atoms with E-state index in [1.165, 1.54) is 24.3 Å². The molecule has 1 saturated carbocycles. The highest BCUT2D eigenvalue weighted by molar-refractivity contribution is 7.47. The van der Waals surface area contributed by atoms with Crippen LogP contribution in [0.25, 0.3) is 0 Å². The van der Waals surface area contributed by atoms with E-state index in [0.29, 0.717) is 24.0 Å². The maximum absolute atomic E-state index is 14.1. The van der Waals surface area contributed by atoms with E-state index < -0.39 is 112 Å². The molecule has 0 amide bonds. The summed E-state index contributed by atoms with van der Waals surface area (Å²) in [6, 6.07) is 15.8. The van der Waals surface area contributed by atoms with Crippen molar-refractivity contribution in [1.29, 1.82) is 0 Å². The van der Waals surface area contributed by atoms with Crippen LogP contribution in [0.5, 0.6) is 0 Å². The normalized spacial score (nSPS) is 21.9. The van der Waals surface area contributed by atoms with Crippen LogP contribution >= 0.6 is 31.3 Å². The first-order valence-electron chi connectivity index (χ1n) is 21.1. The number of carbonyl (C=O) groups is 2. The first-order chi connectivity index (χ1) is 30.6. The Bertz CT molecular complexity index is 1810. The van der Waals surface area contributed by atoms with Gasteiger partial charge in [-0.3, -0.25) is 32.2 Å². The van der Waals surface area contributed by atoms with Crippen molar-refractivity contribution >= 4 is 43.2 Å². The van der Waals surface area contributed by atoms with Crippen molar-refractivity contribution in [3.05, 3.63) is 71.8 Å². The number of hydrogen-bond donors (Lipinski definition) is 7. The smallest absolute Gasteiger partial charge is 0.462 e. The van der Waals surface area contributed by atoms with Gasteiger partial charge in [-0.2, -0.15) is 0 Å².